The number of aryl methyl sites for hydroxylation is 1. The molecule has 26 heavy (non-hydrogen) atoms. The van der Waals surface area contributed by atoms with Crippen molar-refractivity contribution in [2.24, 2.45) is 4.99 Å². The molecule has 5 nitrogen and oxygen atoms in total. The maximum atomic E-state index is 13.4. The molecule has 7 heteroatoms. The van der Waals surface area contributed by atoms with Gasteiger partial charge in [0.1, 0.15) is 17.2 Å². The molecule has 0 spiro atoms. The summed E-state index contributed by atoms with van der Waals surface area (Å²) in [6.45, 7) is 3.13. The molecule has 3 rings (SSSR count). The number of furan rings is 1. The second-order valence-electron chi connectivity index (χ2n) is 5.71. The molecular weight excluding hydrogens is 446 g/mol. The highest BCUT2D eigenvalue weighted by Crippen LogP contribution is 2.25. The van der Waals surface area contributed by atoms with Crippen LogP contribution in [-0.4, -0.2) is 24.5 Å². The number of halogens is 2. The first-order valence-electron chi connectivity index (χ1n) is 8.19. The molecule has 2 aromatic heterocycles. The lowest BCUT2D eigenvalue weighted by Crippen LogP contribution is -2.37. The van der Waals surface area contributed by atoms with Crippen molar-refractivity contribution in [1.29, 1.82) is 0 Å². The maximum absolute atomic E-state index is 13.4. The van der Waals surface area contributed by atoms with Crippen LogP contribution in [0.25, 0.3) is 11.0 Å². The van der Waals surface area contributed by atoms with E-state index in [0.29, 0.717) is 18.1 Å². The van der Waals surface area contributed by atoms with Gasteiger partial charge in [-0.05, 0) is 37.3 Å². The fourth-order valence-corrected chi connectivity index (χ4v) is 2.65. The van der Waals surface area contributed by atoms with Crippen LogP contribution in [0.3, 0.4) is 0 Å². The molecule has 0 fully saturated rings. The van der Waals surface area contributed by atoms with E-state index in [1.165, 1.54) is 12.1 Å². The Labute approximate surface area is 169 Å². The summed E-state index contributed by atoms with van der Waals surface area (Å²) in [5.41, 5.74) is 2.65. The van der Waals surface area contributed by atoms with Crippen molar-refractivity contribution in [3.63, 3.8) is 0 Å². The SMILES string of the molecule is CN=C(NCCc1ccccn1)NCc1oc2ccc(F)cc2c1C.I. The number of hydrogen-bond acceptors (Lipinski definition) is 3. The van der Waals surface area contributed by atoms with E-state index in [9.17, 15) is 4.39 Å². The third-order valence-electron chi connectivity index (χ3n) is 4.04. The van der Waals surface area contributed by atoms with Crippen molar-refractivity contribution >= 4 is 40.9 Å². The van der Waals surface area contributed by atoms with E-state index in [1.807, 2.05) is 25.1 Å². The Kier molecular flexibility index (Phi) is 7.38. The Hall–Kier alpha value is -2.16. The van der Waals surface area contributed by atoms with Crippen LogP contribution in [0.4, 0.5) is 4.39 Å². The fourth-order valence-electron chi connectivity index (χ4n) is 2.65. The highest BCUT2D eigenvalue weighted by Gasteiger charge is 2.11. The predicted octanol–water partition coefficient (Wildman–Crippen LogP) is 3.80. The first kappa shape index (κ1) is 20.2. The summed E-state index contributed by atoms with van der Waals surface area (Å²) in [6, 6.07) is 10.4. The summed E-state index contributed by atoms with van der Waals surface area (Å²) in [4.78, 5) is 8.50. The molecule has 0 saturated carbocycles. The summed E-state index contributed by atoms with van der Waals surface area (Å²) in [5, 5.41) is 7.27. The van der Waals surface area contributed by atoms with E-state index < -0.39 is 0 Å². The van der Waals surface area contributed by atoms with Crippen LogP contribution in [0.15, 0.2) is 52.0 Å². The van der Waals surface area contributed by atoms with Crippen LogP contribution in [0.1, 0.15) is 17.0 Å². The average Bonchev–Trinajstić information content (AvgIpc) is 2.94. The largest absolute Gasteiger partial charge is 0.459 e. The first-order chi connectivity index (χ1) is 12.2. The van der Waals surface area contributed by atoms with Crippen molar-refractivity contribution in [3.05, 3.63) is 65.4 Å². The number of nitrogens with one attached hydrogen (secondary N) is 2. The van der Waals surface area contributed by atoms with Gasteiger partial charge < -0.3 is 15.1 Å². The summed E-state index contributed by atoms with van der Waals surface area (Å²) in [6.07, 6.45) is 2.60. The third kappa shape index (κ3) is 4.94. The van der Waals surface area contributed by atoms with Gasteiger partial charge in [-0.25, -0.2) is 4.39 Å². The molecule has 138 valence electrons. The highest BCUT2D eigenvalue weighted by molar-refractivity contribution is 14.0. The number of benzene rings is 1. The molecule has 0 radical (unpaired) electrons. The van der Waals surface area contributed by atoms with Gasteiger partial charge in [0.05, 0.1) is 6.54 Å². The molecule has 3 aromatic rings. The Morgan fingerprint density at radius 2 is 2.08 bits per heavy atom. The fraction of sp³-hybridized carbons (Fsp3) is 0.263. The molecule has 0 amide bonds. The third-order valence-corrected chi connectivity index (χ3v) is 4.04. The number of guanidine groups is 1. The number of pyridine rings is 1. The van der Waals surface area contributed by atoms with E-state index >= 15 is 0 Å². The van der Waals surface area contributed by atoms with E-state index in [-0.39, 0.29) is 29.8 Å². The number of hydrogen-bond donors (Lipinski definition) is 2. The van der Waals surface area contributed by atoms with Crippen molar-refractivity contribution < 1.29 is 8.81 Å². The normalized spacial score (nSPS) is 11.3. The van der Waals surface area contributed by atoms with Gasteiger partial charge >= 0.3 is 0 Å². The summed E-state index contributed by atoms with van der Waals surface area (Å²) in [7, 11) is 1.72. The van der Waals surface area contributed by atoms with Crippen LogP contribution in [0.5, 0.6) is 0 Å². The molecule has 0 saturated heterocycles. The number of fused-ring (bicyclic) bond motifs is 1. The van der Waals surface area contributed by atoms with Gasteiger partial charge in [-0.1, -0.05) is 6.07 Å². The molecule has 0 bridgehead atoms. The molecule has 2 heterocycles. The van der Waals surface area contributed by atoms with Crippen molar-refractivity contribution in [2.45, 2.75) is 19.9 Å². The summed E-state index contributed by atoms with van der Waals surface area (Å²) < 4.78 is 19.2. The summed E-state index contributed by atoms with van der Waals surface area (Å²) in [5.74, 6) is 1.19. The first-order valence-corrected chi connectivity index (χ1v) is 8.19. The lowest BCUT2D eigenvalue weighted by atomic mass is 10.1. The number of rotatable bonds is 5. The number of nitrogens with zero attached hydrogens (tertiary/aromatic N) is 2. The van der Waals surface area contributed by atoms with E-state index in [2.05, 4.69) is 20.6 Å². The maximum Gasteiger partial charge on any atom is 0.191 e. The van der Waals surface area contributed by atoms with Crippen LogP contribution in [-0.2, 0) is 13.0 Å². The van der Waals surface area contributed by atoms with Crippen LogP contribution in [0.2, 0.25) is 0 Å². The quantitative estimate of drug-likeness (QED) is 0.340. The molecule has 0 aliphatic rings. The monoisotopic (exact) mass is 468 g/mol. The molecule has 0 aliphatic heterocycles. The second-order valence-corrected chi connectivity index (χ2v) is 5.71. The molecule has 0 atom stereocenters. The van der Waals surface area contributed by atoms with E-state index in [4.69, 9.17) is 4.42 Å². The molecular formula is C19H22FIN4O. The van der Waals surface area contributed by atoms with Gasteiger partial charge in [-0.2, -0.15) is 0 Å². The van der Waals surface area contributed by atoms with Crippen molar-refractivity contribution in [2.75, 3.05) is 13.6 Å². The smallest absolute Gasteiger partial charge is 0.191 e. The molecule has 1 aromatic carbocycles. The van der Waals surface area contributed by atoms with Crippen LogP contribution in [0, 0.1) is 12.7 Å². The molecule has 2 N–H and O–H groups in total. The Morgan fingerprint density at radius 1 is 1.23 bits per heavy atom. The van der Waals surface area contributed by atoms with Crippen molar-refractivity contribution in [3.8, 4) is 0 Å². The average molecular weight is 468 g/mol. The van der Waals surface area contributed by atoms with E-state index in [0.717, 1.165) is 35.4 Å². The zero-order chi connectivity index (χ0) is 17.6. The molecule has 0 unspecified atom stereocenters. The van der Waals surface area contributed by atoms with Crippen LogP contribution < -0.4 is 10.6 Å². The number of aliphatic imine (C=N–C) groups is 1. The predicted molar refractivity (Wildman–Crippen MR) is 112 cm³/mol. The minimum Gasteiger partial charge on any atom is -0.459 e. The van der Waals surface area contributed by atoms with Gasteiger partial charge in [0.2, 0.25) is 0 Å². The van der Waals surface area contributed by atoms with Gasteiger partial charge in [0.15, 0.2) is 5.96 Å². The lowest BCUT2D eigenvalue weighted by Gasteiger charge is -2.11. The van der Waals surface area contributed by atoms with E-state index in [1.54, 1.807) is 19.3 Å². The van der Waals surface area contributed by atoms with Gasteiger partial charge in [-0.15, -0.1) is 24.0 Å². The zero-order valence-electron chi connectivity index (χ0n) is 14.8. The standard InChI is InChI=1S/C19H21FN4O.HI/c1-13-16-11-14(20)6-7-17(16)25-18(13)12-24-19(21-2)23-10-8-15-5-3-4-9-22-15;/h3-7,9,11H,8,10,12H2,1-2H3,(H2,21,23,24);1H. The Balaban J connectivity index is 0.00000243. The lowest BCUT2D eigenvalue weighted by molar-refractivity contribution is 0.534. The minimum absolute atomic E-state index is 0. The minimum atomic E-state index is -0.261. The highest BCUT2D eigenvalue weighted by atomic mass is 127. The van der Waals surface area contributed by atoms with Gasteiger partial charge in [0, 0.05) is 42.9 Å². The van der Waals surface area contributed by atoms with Crippen LogP contribution >= 0.6 is 24.0 Å². The Morgan fingerprint density at radius 3 is 2.81 bits per heavy atom. The topological polar surface area (TPSA) is 62.5 Å². The van der Waals surface area contributed by atoms with Gasteiger partial charge in [-0.3, -0.25) is 9.98 Å². The van der Waals surface area contributed by atoms with Crippen molar-refractivity contribution in [1.82, 2.24) is 15.6 Å². The van der Waals surface area contributed by atoms with Gasteiger partial charge in [0.25, 0.3) is 0 Å². The zero-order valence-corrected chi connectivity index (χ0v) is 17.1. The number of aromatic nitrogens is 1. The Bertz CT molecular complexity index is 880. The molecule has 0 aliphatic carbocycles. The summed E-state index contributed by atoms with van der Waals surface area (Å²) >= 11 is 0. The second kappa shape index (κ2) is 9.51.